The fourth-order valence-corrected chi connectivity index (χ4v) is 5.05. The van der Waals surface area contributed by atoms with Crippen molar-refractivity contribution in [1.82, 2.24) is 9.80 Å². The Kier molecular flexibility index (Phi) is 4.16. The molecule has 2 aromatic rings. The standard InChI is InChI=1S/C22H20N2O3S/c25-20(15-7-5-14(6-8-15)16-9-10-28-13-16)23-11-17(12-23)24-21(26)18-3-1-2-4-19(18)22(24)27/h1-2,5-10,13,17-19H,3-4,11-12H2. The summed E-state index contributed by atoms with van der Waals surface area (Å²) >= 11 is 1.64. The van der Waals surface area contributed by atoms with Crippen molar-refractivity contribution < 1.29 is 14.4 Å². The first-order valence-electron chi connectivity index (χ1n) is 9.57. The van der Waals surface area contributed by atoms with E-state index in [0.717, 1.165) is 11.1 Å². The lowest BCUT2D eigenvalue weighted by molar-refractivity contribution is -0.145. The summed E-state index contributed by atoms with van der Waals surface area (Å²) in [5.41, 5.74) is 2.87. The molecule has 0 radical (unpaired) electrons. The van der Waals surface area contributed by atoms with Crippen LogP contribution in [0.25, 0.3) is 11.1 Å². The quantitative estimate of drug-likeness (QED) is 0.595. The summed E-state index contributed by atoms with van der Waals surface area (Å²) in [6.07, 6.45) is 5.29. The molecule has 0 bridgehead atoms. The highest BCUT2D eigenvalue weighted by Gasteiger charge is 2.52. The van der Waals surface area contributed by atoms with Gasteiger partial charge in [0, 0.05) is 18.7 Å². The first-order chi connectivity index (χ1) is 13.6. The number of hydrogen-bond donors (Lipinski definition) is 0. The van der Waals surface area contributed by atoms with Gasteiger partial charge in [-0.15, -0.1) is 0 Å². The highest BCUT2D eigenvalue weighted by molar-refractivity contribution is 7.08. The number of nitrogens with zero attached hydrogens (tertiary/aromatic N) is 2. The van der Waals surface area contributed by atoms with Crippen LogP contribution in [-0.4, -0.2) is 46.7 Å². The number of thiophene rings is 1. The second-order valence-corrected chi connectivity index (χ2v) is 8.44. The number of hydrogen-bond acceptors (Lipinski definition) is 4. The number of fused-ring (bicyclic) bond motifs is 1. The molecule has 0 spiro atoms. The summed E-state index contributed by atoms with van der Waals surface area (Å²) in [5.74, 6) is -0.571. The van der Waals surface area contributed by atoms with E-state index >= 15 is 0 Å². The van der Waals surface area contributed by atoms with Crippen molar-refractivity contribution in [2.45, 2.75) is 18.9 Å². The van der Waals surface area contributed by atoms with E-state index < -0.39 is 0 Å². The van der Waals surface area contributed by atoms with Crippen molar-refractivity contribution in [2.75, 3.05) is 13.1 Å². The third-order valence-corrected chi connectivity index (χ3v) is 6.73. The van der Waals surface area contributed by atoms with Crippen LogP contribution in [0.5, 0.6) is 0 Å². The molecule has 5 nitrogen and oxygen atoms in total. The predicted octanol–water partition coefficient (Wildman–Crippen LogP) is 3.19. The molecule has 3 aliphatic rings. The molecule has 2 unspecified atom stereocenters. The van der Waals surface area contributed by atoms with Gasteiger partial charge in [-0.1, -0.05) is 24.3 Å². The lowest BCUT2D eigenvalue weighted by Gasteiger charge is -2.43. The highest BCUT2D eigenvalue weighted by Crippen LogP contribution is 2.37. The molecule has 0 saturated carbocycles. The third-order valence-electron chi connectivity index (χ3n) is 6.04. The largest absolute Gasteiger partial charge is 0.334 e. The summed E-state index contributed by atoms with van der Waals surface area (Å²) in [6.45, 7) is 0.852. The maximum Gasteiger partial charge on any atom is 0.253 e. The summed E-state index contributed by atoms with van der Waals surface area (Å²) in [7, 11) is 0. The average Bonchev–Trinajstić information content (AvgIpc) is 3.31. The zero-order valence-corrected chi connectivity index (χ0v) is 16.1. The Bertz CT molecular complexity index is 932. The number of allylic oxidation sites excluding steroid dienone is 2. The first kappa shape index (κ1) is 17.4. The van der Waals surface area contributed by atoms with E-state index in [0.29, 0.717) is 31.5 Å². The minimum atomic E-state index is -0.202. The molecule has 1 aliphatic carbocycles. The Morgan fingerprint density at radius 1 is 0.893 bits per heavy atom. The van der Waals surface area contributed by atoms with Crippen LogP contribution in [0.15, 0.2) is 53.2 Å². The van der Waals surface area contributed by atoms with Gasteiger partial charge in [-0.05, 0) is 52.9 Å². The molecular weight excluding hydrogens is 372 g/mol. The summed E-state index contributed by atoms with van der Waals surface area (Å²) in [4.78, 5) is 41.2. The van der Waals surface area contributed by atoms with Gasteiger partial charge < -0.3 is 4.90 Å². The molecule has 0 N–H and O–H groups in total. The number of rotatable bonds is 3. The van der Waals surface area contributed by atoms with Gasteiger partial charge in [0.2, 0.25) is 11.8 Å². The fourth-order valence-electron chi connectivity index (χ4n) is 4.39. The van der Waals surface area contributed by atoms with Crippen LogP contribution in [0.3, 0.4) is 0 Å². The monoisotopic (exact) mass is 392 g/mol. The van der Waals surface area contributed by atoms with E-state index in [-0.39, 0.29) is 35.6 Å². The van der Waals surface area contributed by atoms with E-state index in [2.05, 4.69) is 11.4 Å². The summed E-state index contributed by atoms with van der Waals surface area (Å²) in [5, 5.41) is 4.11. The van der Waals surface area contributed by atoms with Gasteiger partial charge in [0.1, 0.15) is 0 Å². The zero-order chi connectivity index (χ0) is 19.3. The van der Waals surface area contributed by atoms with Crippen LogP contribution >= 0.6 is 11.3 Å². The van der Waals surface area contributed by atoms with Crippen LogP contribution < -0.4 is 0 Å². The van der Waals surface area contributed by atoms with Crippen molar-refractivity contribution in [3.63, 3.8) is 0 Å². The second kappa shape index (κ2) is 6.71. The van der Waals surface area contributed by atoms with Crippen molar-refractivity contribution in [1.29, 1.82) is 0 Å². The van der Waals surface area contributed by atoms with Gasteiger partial charge in [0.05, 0.1) is 17.9 Å². The van der Waals surface area contributed by atoms with Crippen molar-refractivity contribution in [3.05, 3.63) is 58.8 Å². The second-order valence-electron chi connectivity index (χ2n) is 7.66. The van der Waals surface area contributed by atoms with E-state index in [4.69, 9.17) is 0 Å². The van der Waals surface area contributed by atoms with Crippen molar-refractivity contribution in [2.24, 2.45) is 11.8 Å². The molecule has 1 aromatic heterocycles. The number of imide groups is 1. The molecule has 2 aliphatic heterocycles. The lowest BCUT2D eigenvalue weighted by Crippen LogP contribution is -2.62. The van der Waals surface area contributed by atoms with Crippen LogP contribution in [0.2, 0.25) is 0 Å². The van der Waals surface area contributed by atoms with Gasteiger partial charge >= 0.3 is 0 Å². The topological polar surface area (TPSA) is 57.7 Å². The molecule has 142 valence electrons. The Morgan fingerprint density at radius 2 is 1.54 bits per heavy atom. The Hall–Kier alpha value is -2.73. The molecule has 3 amide bonds. The van der Waals surface area contributed by atoms with Crippen molar-refractivity contribution >= 4 is 29.1 Å². The van der Waals surface area contributed by atoms with E-state index in [1.165, 1.54) is 4.90 Å². The Morgan fingerprint density at radius 3 is 2.11 bits per heavy atom. The first-order valence-corrected chi connectivity index (χ1v) is 10.5. The third kappa shape index (κ3) is 2.71. The van der Waals surface area contributed by atoms with Gasteiger partial charge in [-0.2, -0.15) is 11.3 Å². The van der Waals surface area contributed by atoms with Crippen LogP contribution in [0, 0.1) is 11.8 Å². The molecule has 2 saturated heterocycles. The minimum absolute atomic E-state index is 0.0497. The molecule has 1 aromatic carbocycles. The number of carbonyl (C=O) groups is 3. The highest BCUT2D eigenvalue weighted by atomic mass is 32.1. The predicted molar refractivity (Wildman–Crippen MR) is 107 cm³/mol. The molecule has 3 heterocycles. The summed E-state index contributed by atoms with van der Waals surface area (Å²) < 4.78 is 0. The van der Waals surface area contributed by atoms with Crippen LogP contribution in [0.1, 0.15) is 23.2 Å². The molecule has 28 heavy (non-hydrogen) atoms. The van der Waals surface area contributed by atoms with E-state index in [1.54, 1.807) is 16.2 Å². The van der Waals surface area contributed by atoms with Crippen LogP contribution in [0.4, 0.5) is 0 Å². The fraction of sp³-hybridized carbons (Fsp3) is 0.318. The maximum atomic E-state index is 12.7. The van der Waals surface area contributed by atoms with E-state index in [9.17, 15) is 14.4 Å². The maximum absolute atomic E-state index is 12.7. The molecule has 5 rings (SSSR count). The Balaban J connectivity index is 1.24. The smallest absolute Gasteiger partial charge is 0.253 e. The van der Waals surface area contributed by atoms with Gasteiger partial charge in [0.15, 0.2) is 0 Å². The summed E-state index contributed by atoms with van der Waals surface area (Å²) in [6, 6.07) is 9.47. The number of likely N-dealkylation sites (tertiary alicyclic amines) is 2. The van der Waals surface area contributed by atoms with Crippen molar-refractivity contribution in [3.8, 4) is 11.1 Å². The normalized spacial score (nSPS) is 24.4. The van der Waals surface area contributed by atoms with Gasteiger partial charge in [0.25, 0.3) is 5.91 Å². The molecular formula is C22H20N2O3S. The van der Waals surface area contributed by atoms with Gasteiger partial charge in [-0.25, -0.2) is 0 Å². The Labute approximate surface area is 167 Å². The number of amides is 3. The molecule has 2 atom stereocenters. The average molecular weight is 392 g/mol. The lowest BCUT2D eigenvalue weighted by atomic mass is 9.85. The van der Waals surface area contributed by atoms with Gasteiger partial charge in [-0.3, -0.25) is 19.3 Å². The number of carbonyl (C=O) groups excluding carboxylic acids is 3. The molecule has 2 fully saturated rings. The number of benzene rings is 1. The zero-order valence-electron chi connectivity index (χ0n) is 15.3. The SMILES string of the molecule is O=C(c1ccc(-c2ccsc2)cc1)N1CC(N2C(=O)C3CC=CCC3C2=O)C1. The van der Waals surface area contributed by atoms with E-state index in [1.807, 2.05) is 41.8 Å². The minimum Gasteiger partial charge on any atom is -0.334 e. The van der Waals surface area contributed by atoms with Crippen LogP contribution in [-0.2, 0) is 9.59 Å². The molecule has 6 heteroatoms.